The third kappa shape index (κ3) is 2.32. The second-order valence-corrected chi connectivity index (χ2v) is 8.08. The third-order valence-electron chi connectivity index (χ3n) is 6.60. The maximum atomic E-state index is 6.49. The highest BCUT2D eigenvalue weighted by atomic mass is 16.7. The van der Waals surface area contributed by atoms with Gasteiger partial charge in [-0.2, -0.15) is 5.06 Å². The number of hydroxylamine groups is 2. The fraction of sp³-hybridized carbons (Fsp3) is 0.700. The molecule has 3 aliphatic rings. The van der Waals surface area contributed by atoms with Crippen molar-refractivity contribution in [1.82, 2.24) is 5.06 Å². The van der Waals surface area contributed by atoms with Crippen molar-refractivity contribution >= 4 is 0 Å². The van der Waals surface area contributed by atoms with E-state index in [2.05, 4.69) is 49.2 Å². The zero-order valence-corrected chi connectivity index (χ0v) is 14.0. The monoisotopic (exact) mass is 299 g/mol. The average molecular weight is 299 g/mol. The topological polar surface area (TPSA) is 12.5 Å². The summed E-state index contributed by atoms with van der Waals surface area (Å²) < 4.78 is 0. The summed E-state index contributed by atoms with van der Waals surface area (Å²) in [6.45, 7) is 5.77. The van der Waals surface area contributed by atoms with Crippen LogP contribution in [0.25, 0.3) is 0 Å². The van der Waals surface area contributed by atoms with Crippen LogP contribution in [0.2, 0.25) is 0 Å². The molecule has 1 aromatic carbocycles. The highest BCUT2D eigenvalue weighted by Crippen LogP contribution is 2.58. The maximum Gasteiger partial charge on any atom is 0.0865 e. The summed E-state index contributed by atoms with van der Waals surface area (Å²) in [6, 6.07) is 11.5. The quantitative estimate of drug-likeness (QED) is 0.795. The highest BCUT2D eigenvalue weighted by Gasteiger charge is 2.59. The first-order valence-electron chi connectivity index (χ1n) is 9.16. The Labute approximate surface area is 134 Å². The Morgan fingerprint density at radius 1 is 1.18 bits per heavy atom. The van der Waals surface area contributed by atoms with Gasteiger partial charge in [0.05, 0.1) is 6.10 Å². The first-order chi connectivity index (χ1) is 10.7. The molecule has 1 aliphatic heterocycles. The van der Waals surface area contributed by atoms with Crippen molar-refractivity contribution in [1.29, 1.82) is 0 Å². The number of hydrogen-bond donors (Lipinski definition) is 0. The molecule has 1 spiro atoms. The molecule has 0 bridgehead atoms. The Hall–Kier alpha value is -0.860. The molecule has 1 heterocycles. The lowest BCUT2D eigenvalue weighted by Gasteiger charge is -2.42. The van der Waals surface area contributed by atoms with Crippen molar-refractivity contribution in [2.75, 3.05) is 0 Å². The Balaban J connectivity index is 1.56. The molecule has 0 unspecified atom stereocenters. The van der Waals surface area contributed by atoms with Crippen LogP contribution in [0.3, 0.4) is 0 Å². The second-order valence-electron chi connectivity index (χ2n) is 8.08. The van der Waals surface area contributed by atoms with Crippen molar-refractivity contribution in [3.63, 3.8) is 0 Å². The van der Waals surface area contributed by atoms with Crippen molar-refractivity contribution < 1.29 is 4.84 Å². The maximum absolute atomic E-state index is 6.49. The number of rotatable bonds is 3. The van der Waals surface area contributed by atoms with E-state index in [1.807, 2.05) is 0 Å². The van der Waals surface area contributed by atoms with E-state index in [0.29, 0.717) is 17.6 Å². The molecule has 1 saturated heterocycles. The van der Waals surface area contributed by atoms with Gasteiger partial charge >= 0.3 is 0 Å². The normalized spacial score (nSPS) is 38.2. The number of benzene rings is 1. The summed E-state index contributed by atoms with van der Waals surface area (Å²) in [5, 5.41) is 2.36. The highest BCUT2D eigenvalue weighted by molar-refractivity contribution is 5.16. The van der Waals surface area contributed by atoms with Gasteiger partial charge in [0.25, 0.3) is 0 Å². The average Bonchev–Trinajstić information content (AvgIpc) is 3.04. The molecule has 2 heteroatoms. The minimum absolute atomic E-state index is 0.460. The van der Waals surface area contributed by atoms with Crippen LogP contribution >= 0.6 is 0 Å². The van der Waals surface area contributed by atoms with Crippen LogP contribution in [-0.2, 0) is 11.4 Å². The Kier molecular flexibility index (Phi) is 3.78. The lowest BCUT2D eigenvalue weighted by atomic mass is 9.63. The Morgan fingerprint density at radius 3 is 2.77 bits per heavy atom. The molecule has 120 valence electrons. The summed E-state index contributed by atoms with van der Waals surface area (Å²) in [6.07, 6.45) is 8.61. The molecule has 2 nitrogen and oxygen atoms in total. The van der Waals surface area contributed by atoms with Gasteiger partial charge in [0, 0.05) is 18.0 Å². The molecule has 22 heavy (non-hydrogen) atoms. The molecule has 4 atom stereocenters. The van der Waals surface area contributed by atoms with E-state index in [0.717, 1.165) is 18.4 Å². The summed E-state index contributed by atoms with van der Waals surface area (Å²) >= 11 is 0. The minimum atomic E-state index is 0.460. The van der Waals surface area contributed by atoms with Crippen LogP contribution < -0.4 is 0 Å². The fourth-order valence-corrected chi connectivity index (χ4v) is 5.37. The zero-order valence-electron chi connectivity index (χ0n) is 14.0. The largest absolute Gasteiger partial charge is 0.294 e. The lowest BCUT2D eigenvalue weighted by molar-refractivity contribution is -0.178. The number of nitrogens with zero attached hydrogens (tertiary/aromatic N) is 1. The van der Waals surface area contributed by atoms with E-state index < -0.39 is 0 Å². The molecule has 0 amide bonds. The Morgan fingerprint density at radius 2 is 2.00 bits per heavy atom. The summed E-state index contributed by atoms with van der Waals surface area (Å²) in [5.41, 5.74) is 1.84. The van der Waals surface area contributed by atoms with Crippen molar-refractivity contribution in [2.45, 2.75) is 71.1 Å². The standard InChI is InChI=1S/C20H29NO/c1-15(2)17-10-11-19-20(13-17)12-6-9-18(20)21(22-19)14-16-7-4-3-5-8-16/h3-5,7-8,15,17-19H,6,9-14H2,1-2H3/t17-,18+,19-,20-/m1/s1. The molecule has 4 rings (SSSR count). The van der Waals surface area contributed by atoms with E-state index in [1.165, 1.54) is 44.1 Å². The first-order valence-corrected chi connectivity index (χ1v) is 9.16. The van der Waals surface area contributed by atoms with Gasteiger partial charge in [0.2, 0.25) is 0 Å². The summed E-state index contributed by atoms with van der Waals surface area (Å²) in [4.78, 5) is 6.49. The van der Waals surface area contributed by atoms with Crippen molar-refractivity contribution in [2.24, 2.45) is 17.3 Å². The van der Waals surface area contributed by atoms with E-state index in [9.17, 15) is 0 Å². The molecule has 1 aromatic rings. The fourth-order valence-electron chi connectivity index (χ4n) is 5.37. The van der Waals surface area contributed by atoms with E-state index >= 15 is 0 Å². The molecule has 0 aromatic heterocycles. The van der Waals surface area contributed by atoms with Gasteiger partial charge in [-0.1, -0.05) is 50.6 Å². The minimum Gasteiger partial charge on any atom is -0.294 e. The number of hydrogen-bond acceptors (Lipinski definition) is 2. The van der Waals surface area contributed by atoms with Gasteiger partial charge in [-0.3, -0.25) is 4.84 Å². The summed E-state index contributed by atoms with van der Waals surface area (Å²) in [7, 11) is 0. The van der Waals surface area contributed by atoms with Gasteiger partial charge in [-0.15, -0.1) is 0 Å². The van der Waals surface area contributed by atoms with E-state index in [1.54, 1.807) is 0 Å². The molecule has 0 radical (unpaired) electrons. The Bertz CT molecular complexity index is 514. The van der Waals surface area contributed by atoms with Crippen LogP contribution in [0.5, 0.6) is 0 Å². The van der Waals surface area contributed by atoms with E-state index in [4.69, 9.17) is 4.84 Å². The van der Waals surface area contributed by atoms with Crippen LogP contribution in [-0.4, -0.2) is 17.2 Å². The van der Waals surface area contributed by atoms with Gasteiger partial charge < -0.3 is 0 Å². The van der Waals surface area contributed by atoms with Gasteiger partial charge in [0.1, 0.15) is 0 Å². The smallest absolute Gasteiger partial charge is 0.0865 e. The van der Waals surface area contributed by atoms with E-state index in [-0.39, 0.29) is 0 Å². The molecule has 3 fully saturated rings. The second kappa shape index (κ2) is 5.65. The van der Waals surface area contributed by atoms with Gasteiger partial charge in [-0.25, -0.2) is 0 Å². The predicted molar refractivity (Wildman–Crippen MR) is 89.1 cm³/mol. The predicted octanol–water partition coefficient (Wildman–Crippen LogP) is 4.80. The van der Waals surface area contributed by atoms with Crippen molar-refractivity contribution in [3.05, 3.63) is 35.9 Å². The molecular weight excluding hydrogens is 270 g/mol. The van der Waals surface area contributed by atoms with Gasteiger partial charge in [0.15, 0.2) is 0 Å². The molecule has 2 saturated carbocycles. The molecule has 2 aliphatic carbocycles. The lowest BCUT2D eigenvalue weighted by Crippen LogP contribution is -2.43. The van der Waals surface area contributed by atoms with Crippen LogP contribution in [0.1, 0.15) is 57.9 Å². The summed E-state index contributed by atoms with van der Waals surface area (Å²) in [5.74, 6) is 1.72. The molecular formula is C20H29NO. The molecule has 0 N–H and O–H groups in total. The van der Waals surface area contributed by atoms with Crippen LogP contribution in [0.15, 0.2) is 30.3 Å². The first kappa shape index (κ1) is 14.7. The van der Waals surface area contributed by atoms with Crippen LogP contribution in [0.4, 0.5) is 0 Å². The van der Waals surface area contributed by atoms with Crippen molar-refractivity contribution in [3.8, 4) is 0 Å². The van der Waals surface area contributed by atoms with Crippen LogP contribution in [0, 0.1) is 17.3 Å². The van der Waals surface area contributed by atoms with Gasteiger partial charge in [-0.05, 0) is 49.5 Å². The SMILES string of the molecule is CC(C)[C@@H]1CC[C@H]2ON(Cc3ccccc3)[C@H]3CCC[C@@]32C1. The third-order valence-corrected chi connectivity index (χ3v) is 6.60. The zero-order chi connectivity index (χ0) is 15.2.